The predicted octanol–water partition coefficient (Wildman–Crippen LogP) is 7.53. The Labute approximate surface area is 194 Å². The number of halogens is 4. The van der Waals surface area contributed by atoms with Gasteiger partial charge in [0.15, 0.2) is 0 Å². The normalized spacial score (nSPS) is 10.6. The molecular formula is C22H17Cl4NO3. The fourth-order valence-corrected chi connectivity index (χ4v) is 3.44. The maximum Gasteiger partial charge on any atom is 0.255 e. The van der Waals surface area contributed by atoms with Crippen molar-refractivity contribution in [1.82, 2.24) is 0 Å². The Morgan fingerprint density at radius 1 is 0.833 bits per heavy atom. The van der Waals surface area contributed by atoms with Gasteiger partial charge in [0.1, 0.15) is 18.1 Å². The molecule has 0 saturated carbocycles. The highest BCUT2D eigenvalue weighted by Crippen LogP contribution is 2.33. The first kappa shape index (κ1) is 22.6. The molecule has 3 aromatic carbocycles. The van der Waals surface area contributed by atoms with Crippen molar-refractivity contribution in [2.75, 3.05) is 11.9 Å². The van der Waals surface area contributed by atoms with E-state index < -0.39 is 0 Å². The van der Waals surface area contributed by atoms with Crippen LogP contribution in [0.4, 0.5) is 5.69 Å². The van der Waals surface area contributed by atoms with E-state index in [1.165, 1.54) is 12.1 Å². The van der Waals surface area contributed by atoms with Crippen LogP contribution in [0.5, 0.6) is 11.5 Å². The van der Waals surface area contributed by atoms with Gasteiger partial charge >= 0.3 is 0 Å². The van der Waals surface area contributed by atoms with Crippen LogP contribution in [0.25, 0.3) is 0 Å². The van der Waals surface area contributed by atoms with Gasteiger partial charge < -0.3 is 14.8 Å². The van der Waals surface area contributed by atoms with Crippen molar-refractivity contribution in [3.8, 4) is 11.5 Å². The van der Waals surface area contributed by atoms with Crippen molar-refractivity contribution >= 4 is 58.0 Å². The van der Waals surface area contributed by atoms with Gasteiger partial charge in [-0.2, -0.15) is 0 Å². The Balaban J connectivity index is 1.83. The maximum absolute atomic E-state index is 12.8. The zero-order valence-electron chi connectivity index (χ0n) is 15.8. The molecule has 0 radical (unpaired) electrons. The Hall–Kier alpha value is -2.11. The molecule has 0 unspecified atom stereocenters. The van der Waals surface area contributed by atoms with Gasteiger partial charge in [-0.25, -0.2) is 0 Å². The number of hydrogen-bond acceptors (Lipinski definition) is 3. The van der Waals surface area contributed by atoms with Gasteiger partial charge in [-0.15, -0.1) is 0 Å². The molecule has 0 spiro atoms. The van der Waals surface area contributed by atoms with E-state index in [4.69, 9.17) is 55.9 Å². The average Bonchev–Trinajstić information content (AvgIpc) is 2.72. The molecule has 0 aliphatic heterocycles. The third-order valence-electron chi connectivity index (χ3n) is 4.10. The van der Waals surface area contributed by atoms with Crippen LogP contribution in [-0.2, 0) is 6.61 Å². The van der Waals surface area contributed by atoms with Crippen LogP contribution < -0.4 is 14.8 Å². The number of para-hydroxylation sites is 1. The second-order valence-corrected chi connectivity index (χ2v) is 7.80. The minimum Gasteiger partial charge on any atom is -0.493 e. The van der Waals surface area contributed by atoms with E-state index in [-0.39, 0.29) is 22.6 Å². The second-order valence-electron chi connectivity index (χ2n) is 6.17. The first-order chi connectivity index (χ1) is 14.4. The van der Waals surface area contributed by atoms with Gasteiger partial charge in [-0.3, -0.25) is 4.79 Å². The summed E-state index contributed by atoms with van der Waals surface area (Å²) in [6, 6.07) is 15.2. The van der Waals surface area contributed by atoms with Crippen molar-refractivity contribution in [3.05, 3.63) is 85.8 Å². The fraction of sp³-hybridized carbons (Fsp3) is 0.136. The van der Waals surface area contributed by atoms with E-state index in [0.717, 1.165) is 0 Å². The number of amides is 1. The van der Waals surface area contributed by atoms with Crippen molar-refractivity contribution in [2.24, 2.45) is 0 Å². The molecular weight excluding hydrogens is 468 g/mol. The van der Waals surface area contributed by atoms with Crippen LogP contribution in [-0.4, -0.2) is 12.5 Å². The number of nitrogens with one attached hydrogen (secondary N) is 1. The molecule has 1 amide bonds. The molecule has 0 heterocycles. The standard InChI is InChI=1S/C22H17Cl4NO3/c1-2-29-20-8-7-13(9-14(20)12-30-21-6-4-3-5-15(21)23)22(28)27-19-11-17(25)16(24)10-18(19)26/h3-11H,2,12H2,1H3,(H,27,28). The summed E-state index contributed by atoms with van der Waals surface area (Å²) in [7, 11) is 0. The number of carbonyl (C=O) groups is 1. The number of hydrogen-bond donors (Lipinski definition) is 1. The fourth-order valence-electron chi connectivity index (χ4n) is 2.66. The van der Waals surface area contributed by atoms with Gasteiger partial charge in [0.2, 0.25) is 0 Å². The largest absolute Gasteiger partial charge is 0.493 e. The van der Waals surface area contributed by atoms with Crippen LogP contribution in [0.1, 0.15) is 22.8 Å². The number of rotatable bonds is 7. The molecule has 8 heteroatoms. The highest BCUT2D eigenvalue weighted by molar-refractivity contribution is 6.44. The first-order valence-corrected chi connectivity index (χ1v) is 10.5. The SMILES string of the molecule is CCOc1ccc(C(=O)Nc2cc(Cl)c(Cl)cc2Cl)cc1COc1ccccc1Cl. The van der Waals surface area contributed by atoms with Gasteiger partial charge in [-0.1, -0.05) is 58.5 Å². The molecule has 1 N–H and O–H groups in total. The summed E-state index contributed by atoms with van der Waals surface area (Å²) >= 11 is 24.3. The topological polar surface area (TPSA) is 47.6 Å². The monoisotopic (exact) mass is 483 g/mol. The lowest BCUT2D eigenvalue weighted by atomic mass is 10.1. The first-order valence-electron chi connectivity index (χ1n) is 8.98. The average molecular weight is 485 g/mol. The number of anilines is 1. The lowest BCUT2D eigenvalue weighted by Gasteiger charge is -2.14. The third-order valence-corrected chi connectivity index (χ3v) is 5.45. The second kappa shape index (κ2) is 10.3. The van der Waals surface area contributed by atoms with Gasteiger partial charge in [0.25, 0.3) is 5.91 Å². The number of carbonyl (C=O) groups excluding carboxylic acids is 1. The summed E-state index contributed by atoms with van der Waals surface area (Å²) in [6.07, 6.45) is 0. The summed E-state index contributed by atoms with van der Waals surface area (Å²) in [6.45, 7) is 2.53. The molecule has 156 valence electrons. The minimum atomic E-state index is -0.364. The van der Waals surface area contributed by atoms with Crippen molar-refractivity contribution in [1.29, 1.82) is 0 Å². The summed E-state index contributed by atoms with van der Waals surface area (Å²) < 4.78 is 11.5. The van der Waals surface area contributed by atoms with Gasteiger partial charge in [-0.05, 0) is 49.4 Å². The molecule has 0 saturated heterocycles. The van der Waals surface area contributed by atoms with Crippen LogP contribution in [0.3, 0.4) is 0 Å². The van der Waals surface area contributed by atoms with E-state index >= 15 is 0 Å². The molecule has 0 bridgehead atoms. The van der Waals surface area contributed by atoms with E-state index in [1.807, 2.05) is 19.1 Å². The van der Waals surface area contributed by atoms with Gasteiger partial charge in [0.05, 0.1) is 32.4 Å². The zero-order valence-corrected chi connectivity index (χ0v) is 18.9. The summed E-state index contributed by atoms with van der Waals surface area (Å²) in [4.78, 5) is 12.8. The Kier molecular flexibility index (Phi) is 7.73. The predicted molar refractivity (Wildman–Crippen MR) is 123 cm³/mol. The quantitative estimate of drug-likeness (QED) is 0.352. The summed E-state index contributed by atoms with van der Waals surface area (Å²) in [5, 5.41) is 4.12. The number of benzene rings is 3. The van der Waals surface area contributed by atoms with Crippen LogP contribution in [0, 0.1) is 0 Å². The molecule has 3 rings (SSSR count). The zero-order chi connectivity index (χ0) is 21.7. The van der Waals surface area contributed by atoms with Crippen LogP contribution >= 0.6 is 46.4 Å². The molecule has 0 aliphatic rings. The van der Waals surface area contributed by atoms with E-state index in [2.05, 4.69) is 5.32 Å². The van der Waals surface area contributed by atoms with Crippen molar-refractivity contribution < 1.29 is 14.3 Å². The maximum atomic E-state index is 12.8. The Bertz CT molecular complexity index is 1070. The molecule has 4 nitrogen and oxygen atoms in total. The highest BCUT2D eigenvalue weighted by Gasteiger charge is 2.14. The van der Waals surface area contributed by atoms with E-state index in [1.54, 1.807) is 30.3 Å². The van der Waals surface area contributed by atoms with Crippen molar-refractivity contribution in [3.63, 3.8) is 0 Å². The van der Waals surface area contributed by atoms with Crippen molar-refractivity contribution in [2.45, 2.75) is 13.5 Å². The van der Waals surface area contributed by atoms with Crippen LogP contribution in [0.2, 0.25) is 20.1 Å². The molecule has 3 aromatic rings. The molecule has 0 atom stereocenters. The Morgan fingerprint density at radius 2 is 1.57 bits per heavy atom. The van der Waals surface area contributed by atoms with E-state index in [9.17, 15) is 4.79 Å². The molecule has 0 fully saturated rings. The third kappa shape index (κ3) is 5.52. The Morgan fingerprint density at radius 3 is 2.30 bits per heavy atom. The molecule has 30 heavy (non-hydrogen) atoms. The number of ether oxygens (including phenoxy) is 2. The minimum absolute atomic E-state index is 0.174. The highest BCUT2D eigenvalue weighted by atomic mass is 35.5. The molecule has 0 aromatic heterocycles. The van der Waals surface area contributed by atoms with Crippen LogP contribution in [0.15, 0.2) is 54.6 Å². The molecule has 0 aliphatic carbocycles. The lowest BCUT2D eigenvalue weighted by molar-refractivity contribution is 0.102. The summed E-state index contributed by atoms with van der Waals surface area (Å²) in [5.41, 5.74) is 1.46. The lowest BCUT2D eigenvalue weighted by Crippen LogP contribution is -2.13. The summed E-state index contributed by atoms with van der Waals surface area (Å²) in [5.74, 6) is 0.796. The van der Waals surface area contributed by atoms with Gasteiger partial charge in [0, 0.05) is 11.1 Å². The van der Waals surface area contributed by atoms with E-state index in [0.29, 0.717) is 45.0 Å². The smallest absolute Gasteiger partial charge is 0.255 e.